The van der Waals surface area contributed by atoms with Crippen molar-refractivity contribution in [2.45, 2.75) is 32.2 Å². The molecule has 0 saturated carbocycles. The van der Waals surface area contributed by atoms with Crippen molar-refractivity contribution >= 4 is 48.2 Å². The maximum absolute atomic E-state index is 14.0. The molecule has 3 heterocycles. The standard InChI is InChI=1S/C27H29ClF3N8O5P/c1-3-44-45(42,43)15-16-5-6-21(19(28)11-16)37-26-33-13-18(27(29,30)31)24(38-26)36-22-8-7-20(35-23(22)25(41)32-2)17-12-34-39(14-17)9-4-10-40/h5-8,11-14,40H,3-4,9-10,15H2,1-2H3,(H,32,41)(H,42,43)(H2,33,36,37,38). The van der Waals surface area contributed by atoms with Crippen molar-refractivity contribution < 1.29 is 37.1 Å². The number of aliphatic hydroxyl groups is 1. The summed E-state index contributed by atoms with van der Waals surface area (Å²) in [6.45, 7) is 2.07. The predicted octanol–water partition coefficient (Wildman–Crippen LogP) is 5.36. The molecule has 1 amide bonds. The number of hydrogen-bond donors (Lipinski definition) is 5. The van der Waals surface area contributed by atoms with Gasteiger partial charge < -0.3 is 30.5 Å². The summed E-state index contributed by atoms with van der Waals surface area (Å²) < 4.78 is 60.5. The van der Waals surface area contributed by atoms with E-state index >= 15 is 0 Å². The van der Waals surface area contributed by atoms with Crippen LogP contribution in [0.15, 0.2) is 48.9 Å². The van der Waals surface area contributed by atoms with Crippen LogP contribution in [0.5, 0.6) is 0 Å². The minimum Gasteiger partial charge on any atom is -0.396 e. The third-order valence-corrected chi connectivity index (χ3v) is 7.89. The molecule has 4 rings (SSSR count). The van der Waals surface area contributed by atoms with Gasteiger partial charge in [0.2, 0.25) is 5.95 Å². The minimum absolute atomic E-state index is 0.0160. The van der Waals surface area contributed by atoms with Crippen molar-refractivity contribution in [1.29, 1.82) is 0 Å². The monoisotopic (exact) mass is 668 g/mol. The maximum atomic E-state index is 14.0. The molecule has 4 aromatic rings. The van der Waals surface area contributed by atoms with Gasteiger partial charge in [0.05, 0.1) is 41.1 Å². The largest absolute Gasteiger partial charge is 0.421 e. The zero-order valence-electron chi connectivity index (χ0n) is 24.0. The van der Waals surface area contributed by atoms with Crippen molar-refractivity contribution in [3.63, 3.8) is 0 Å². The smallest absolute Gasteiger partial charge is 0.396 e. The van der Waals surface area contributed by atoms with Crippen molar-refractivity contribution in [2.75, 3.05) is 30.9 Å². The van der Waals surface area contributed by atoms with E-state index in [1.165, 1.54) is 43.6 Å². The summed E-state index contributed by atoms with van der Waals surface area (Å²) in [5.74, 6) is -1.59. The van der Waals surface area contributed by atoms with E-state index in [0.717, 1.165) is 0 Å². The molecular weight excluding hydrogens is 640 g/mol. The van der Waals surface area contributed by atoms with Crippen LogP contribution < -0.4 is 16.0 Å². The van der Waals surface area contributed by atoms with E-state index in [4.69, 9.17) is 21.2 Å². The lowest BCUT2D eigenvalue weighted by atomic mass is 10.1. The number of pyridine rings is 1. The fourth-order valence-corrected chi connectivity index (χ4v) is 5.50. The molecule has 1 aromatic carbocycles. The van der Waals surface area contributed by atoms with Gasteiger partial charge in [-0.3, -0.25) is 14.0 Å². The number of aliphatic hydroxyl groups excluding tert-OH is 1. The molecule has 5 N–H and O–H groups in total. The number of aromatic nitrogens is 5. The fourth-order valence-electron chi connectivity index (χ4n) is 4.09. The highest BCUT2D eigenvalue weighted by Crippen LogP contribution is 2.46. The van der Waals surface area contributed by atoms with Gasteiger partial charge in [-0.25, -0.2) is 9.97 Å². The Morgan fingerprint density at radius 3 is 2.56 bits per heavy atom. The van der Waals surface area contributed by atoms with Gasteiger partial charge >= 0.3 is 13.8 Å². The third kappa shape index (κ3) is 8.77. The Kier molecular flexibility index (Phi) is 10.8. The van der Waals surface area contributed by atoms with E-state index < -0.39 is 31.1 Å². The quantitative estimate of drug-likeness (QED) is 0.116. The van der Waals surface area contributed by atoms with Crippen LogP contribution in [0.4, 0.5) is 36.3 Å². The Labute approximate surface area is 260 Å². The molecular formula is C27H29ClF3N8O5P. The van der Waals surface area contributed by atoms with Crippen LogP contribution in [0.2, 0.25) is 5.02 Å². The van der Waals surface area contributed by atoms with Crippen LogP contribution in [0, 0.1) is 0 Å². The molecule has 0 spiro atoms. The molecule has 0 fully saturated rings. The summed E-state index contributed by atoms with van der Waals surface area (Å²) in [6.07, 6.45) is -0.907. The van der Waals surface area contributed by atoms with Crippen LogP contribution in [-0.4, -0.2) is 60.9 Å². The summed E-state index contributed by atoms with van der Waals surface area (Å²) in [6, 6.07) is 7.27. The average Bonchev–Trinajstić information content (AvgIpc) is 3.45. The number of anilines is 4. The zero-order valence-corrected chi connectivity index (χ0v) is 25.6. The van der Waals surface area contributed by atoms with Crippen molar-refractivity contribution in [3.8, 4) is 11.3 Å². The number of aryl methyl sites for hydroxylation is 1. The molecule has 240 valence electrons. The number of halogens is 4. The SMILES string of the molecule is CCOP(=O)(O)Cc1ccc(Nc2ncc(C(F)(F)F)c(Nc3ccc(-c4cnn(CCCO)c4)nc3C(=O)NC)n2)c(Cl)c1. The van der Waals surface area contributed by atoms with Gasteiger partial charge in [-0.15, -0.1) is 0 Å². The first kappa shape index (κ1) is 33.8. The second kappa shape index (κ2) is 14.3. The van der Waals surface area contributed by atoms with Crippen LogP contribution in [0.1, 0.15) is 35.0 Å². The van der Waals surface area contributed by atoms with E-state index in [0.29, 0.717) is 36.0 Å². The van der Waals surface area contributed by atoms with Crippen molar-refractivity contribution in [1.82, 2.24) is 30.0 Å². The molecule has 45 heavy (non-hydrogen) atoms. The van der Waals surface area contributed by atoms with Crippen LogP contribution in [0.25, 0.3) is 11.3 Å². The normalized spacial score (nSPS) is 12.9. The Balaban J connectivity index is 1.65. The molecule has 0 aliphatic carbocycles. The first-order chi connectivity index (χ1) is 21.3. The Bertz CT molecular complexity index is 1720. The van der Waals surface area contributed by atoms with Gasteiger partial charge in [0.1, 0.15) is 11.4 Å². The topological polar surface area (TPSA) is 176 Å². The van der Waals surface area contributed by atoms with Gasteiger partial charge in [0.15, 0.2) is 5.69 Å². The lowest BCUT2D eigenvalue weighted by Gasteiger charge is -2.17. The van der Waals surface area contributed by atoms with Gasteiger partial charge in [0, 0.05) is 38.2 Å². The number of amides is 1. The Morgan fingerprint density at radius 1 is 1.13 bits per heavy atom. The molecule has 0 radical (unpaired) electrons. The molecule has 0 bridgehead atoms. The van der Waals surface area contributed by atoms with E-state index in [-0.39, 0.29) is 47.4 Å². The summed E-state index contributed by atoms with van der Waals surface area (Å²) in [5, 5.41) is 21.1. The predicted molar refractivity (Wildman–Crippen MR) is 161 cm³/mol. The highest BCUT2D eigenvalue weighted by Gasteiger charge is 2.36. The summed E-state index contributed by atoms with van der Waals surface area (Å²) in [7, 11) is -2.53. The molecule has 1 atom stereocenters. The van der Waals surface area contributed by atoms with Gasteiger partial charge in [-0.2, -0.15) is 23.3 Å². The van der Waals surface area contributed by atoms with Crippen LogP contribution >= 0.6 is 19.2 Å². The van der Waals surface area contributed by atoms with Crippen molar-refractivity contribution in [3.05, 3.63) is 70.8 Å². The Hall–Kier alpha value is -4.08. The number of carbonyl (C=O) groups is 1. The van der Waals surface area contributed by atoms with Crippen molar-refractivity contribution in [2.24, 2.45) is 0 Å². The van der Waals surface area contributed by atoms with E-state index in [2.05, 4.69) is 36.0 Å². The summed E-state index contributed by atoms with van der Waals surface area (Å²) in [4.78, 5) is 34.8. The van der Waals surface area contributed by atoms with E-state index in [1.54, 1.807) is 17.8 Å². The highest BCUT2D eigenvalue weighted by molar-refractivity contribution is 7.51. The summed E-state index contributed by atoms with van der Waals surface area (Å²) >= 11 is 6.33. The lowest BCUT2D eigenvalue weighted by Crippen LogP contribution is -2.21. The third-order valence-electron chi connectivity index (χ3n) is 6.15. The highest BCUT2D eigenvalue weighted by atomic mass is 35.5. The van der Waals surface area contributed by atoms with Gasteiger partial charge in [0.25, 0.3) is 5.91 Å². The molecule has 3 aromatic heterocycles. The number of nitrogens with zero attached hydrogens (tertiary/aromatic N) is 5. The number of carbonyl (C=O) groups excluding carboxylic acids is 1. The molecule has 13 nitrogen and oxygen atoms in total. The fraction of sp³-hybridized carbons (Fsp3) is 0.296. The molecule has 0 saturated heterocycles. The first-order valence-electron chi connectivity index (χ1n) is 13.4. The van der Waals surface area contributed by atoms with Crippen LogP contribution in [-0.2, 0) is 28.0 Å². The Morgan fingerprint density at radius 2 is 1.89 bits per heavy atom. The molecule has 18 heteroatoms. The molecule has 1 unspecified atom stereocenters. The number of nitrogens with one attached hydrogen (secondary N) is 3. The number of benzene rings is 1. The minimum atomic E-state index is -4.86. The second-order valence-corrected chi connectivity index (χ2v) is 11.7. The molecule has 0 aliphatic rings. The summed E-state index contributed by atoms with van der Waals surface area (Å²) in [5.41, 5.74) is 0.0326. The van der Waals surface area contributed by atoms with E-state index in [1.807, 2.05) is 0 Å². The van der Waals surface area contributed by atoms with Gasteiger partial charge in [-0.05, 0) is 43.2 Å². The second-order valence-electron chi connectivity index (χ2n) is 9.47. The lowest BCUT2D eigenvalue weighted by molar-refractivity contribution is -0.137. The number of rotatable bonds is 13. The first-order valence-corrected chi connectivity index (χ1v) is 15.6. The number of hydrogen-bond acceptors (Lipinski definition) is 10. The van der Waals surface area contributed by atoms with Gasteiger partial charge in [-0.1, -0.05) is 17.7 Å². The number of alkyl halides is 3. The van der Waals surface area contributed by atoms with Crippen LogP contribution in [0.3, 0.4) is 0 Å². The van der Waals surface area contributed by atoms with E-state index in [9.17, 15) is 27.4 Å². The average molecular weight is 669 g/mol. The molecule has 0 aliphatic heterocycles. The maximum Gasteiger partial charge on any atom is 0.421 e. The zero-order chi connectivity index (χ0) is 32.8.